The minimum absolute atomic E-state index is 0.123. The van der Waals surface area contributed by atoms with Gasteiger partial charge in [-0.1, -0.05) is 31.2 Å². The van der Waals surface area contributed by atoms with E-state index in [1.54, 1.807) is 7.05 Å². The predicted octanol–water partition coefficient (Wildman–Crippen LogP) is 3.99. The van der Waals surface area contributed by atoms with E-state index in [0.717, 1.165) is 79.9 Å². The summed E-state index contributed by atoms with van der Waals surface area (Å²) in [5.74, 6) is 0.561. The molecule has 28 heavy (non-hydrogen) atoms. The Hall–Kier alpha value is -2.20. The van der Waals surface area contributed by atoms with Crippen LogP contribution >= 0.6 is 0 Å². The smallest absolute Gasteiger partial charge is 0.254 e. The number of allylic oxidation sites excluding steroid dienone is 6. The third kappa shape index (κ3) is 4.44. The van der Waals surface area contributed by atoms with E-state index in [4.69, 9.17) is 0 Å². The number of amides is 1. The van der Waals surface area contributed by atoms with Gasteiger partial charge in [0, 0.05) is 37.8 Å². The summed E-state index contributed by atoms with van der Waals surface area (Å²) >= 11 is 0. The van der Waals surface area contributed by atoms with Crippen LogP contribution in [0, 0.1) is 5.92 Å². The van der Waals surface area contributed by atoms with Crippen LogP contribution in [0.2, 0.25) is 0 Å². The molecule has 4 heteroatoms. The summed E-state index contributed by atoms with van der Waals surface area (Å²) in [5, 5.41) is 3.50. The molecule has 1 aliphatic carbocycles. The summed E-state index contributed by atoms with van der Waals surface area (Å²) in [5.41, 5.74) is 6.00. The summed E-state index contributed by atoms with van der Waals surface area (Å²) < 4.78 is 0. The van der Waals surface area contributed by atoms with Crippen molar-refractivity contribution in [3.05, 3.63) is 58.7 Å². The molecule has 0 aromatic heterocycles. The maximum absolute atomic E-state index is 13.3. The molecule has 3 rings (SSSR count). The molecule has 4 nitrogen and oxygen atoms in total. The molecule has 1 N–H and O–H groups in total. The van der Waals surface area contributed by atoms with Crippen LogP contribution in [-0.4, -0.2) is 49.7 Å². The number of carbonyl (C=O) groups excluding carboxylic acids is 1. The molecule has 0 unspecified atom stereocenters. The Balaban J connectivity index is 2.14. The summed E-state index contributed by atoms with van der Waals surface area (Å²) in [4.78, 5) is 19.9. The van der Waals surface area contributed by atoms with Crippen molar-refractivity contribution in [1.82, 2.24) is 10.2 Å². The maximum Gasteiger partial charge on any atom is 0.254 e. The fraction of sp³-hybridized carbons (Fsp3) is 0.500. The molecule has 1 amide bonds. The molecule has 0 aromatic rings. The second-order valence-corrected chi connectivity index (χ2v) is 8.05. The van der Waals surface area contributed by atoms with E-state index in [1.165, 1.54) is 5.57 Å². The molecule has 1 saturated heterocycles. The first-order chi connectivity index (χ1) is 13.5. The topological polar surface area (TPSA) is 44.7 Å². The van der Waals surface area contributed by atoms with Gasteiger partial charge in [-0.25, -0.2) is 0 Å². The quantitative estimate of drug-likeness (QED) is 0.806. The van der Waals surface area contributed by atoms with Gasteiger partial charge in [0.25, 0.3) is 5.91 Å². The first kappa shape index (κ1) is 20.5. The van der Waals surface area contributed by atoms with Gasteiger partial charge in [-0.3, -0.25) is 9.79 Å². The van der Waals surface area contributed by atoms with Crippen LogP contribution in [0.15, 0.2) is 63.7 Å². The molecule has 1 fully saturated rings. The lowest BCUT2D eigenvalue weighted by Crippen LogP contribution is -2.32. The highest BCUT2D eigenvalue weighted by atomic mass is 16.2. The molecule has 0 spiro atoms. The number of rotatable bonds is 3. The van der Waals surface area contributed by atoms with Crippen molar-refractivity contribution in [2.45, 2.75) is 39.5 Å². The van der Waals surface area contributed by atoms with Crippen LogP contribution in [-0.2, 0) is 4.79 Å². The van der Waals surface area contributed by atoms with Gasteiger partial charge in [-0.15, -0.1) is 0 Å². The van der Waals surface area contributed by atoms with E-state index < -0.39 is 0 Å². The summed E-state index contributed by atoms with van der Waals surface area (Å²) in [6, 6.07) is 0. The van der Waals surface area contributed by atoms with E-state index in [9.17, 15) is 4.79 Å². The van der Waals surface area contributed by atoms with Crippen molar-refractivity contribution in [2.75, 3.05) is 33.2 Å². The third-order valence-electron chi connectivity index (χ3n) is 5.66. The van der Waals surface area contributed by atoms with Crippen LogP contribution in [0.3, 0.4) is 0 Å². The maximum atomic E-state index is 13.3. The second-order valence-electron chi connectivity index (χ2n) is 8.05. The van der Waals surface area contributed by atoms with Gasteiger partial charge >= 0.3 is 0 Å². The Morgan fingerprint density at radius 2 is 2.04 bits per heavy atom. The molecule has 2 heterocycles. The lowest BCUT2D eigenvalue weighted by molar-refractivity contribution is -0.125. The SMILES string of the molecule is C=C(C)C(/C1=C\[C@@H](C)CNCCC1)=C1/C(C(=O)N2CCCC2)=CC=CC1=NC. The van der Waals surface area contributed by atoms with Crippen molar-refractivity contribution >= 4 is 11.6 Å². The Kier molecular flexibility index (Phi) is 6.84. The average Bonchev–Trinajstić information content (AvgIpc) is 3.19. The van der Waals surface area contributed by atoms with Gasteiger partial charge < -0.3 is 10.2 Å². The molecule has 0 bridgehead atoms. The molecule has 150 valence electrons. The minimum Gasteiger partial charge on any atom is -0.339 e. The molecule has 0 aromatic carbocycles. The number of hydrogen-bond acceptors (Lipinski definition) is 3. The molecule has 0 saturated carbocycles. The first-order valence-electron chi connectivity index (χ1n) is 10.5. The lowest BCUT2D eigenvalue weighted by atomic mass is 9.82. The van der Waals surface area contributed by atoms with E-state index in [2.05, 4.69) is 36.8 Å². The number of nitrogens with zero attached hydrogens (tertiary/aromatic N) is 2. The average molecular weight is 380 g/mol. The standard InChI is InChI=1S/C24H33N3O/c1-17(2)22(19-9-8-12-26-16-18(3)15-19)23-20(10-7-11-21(23)25-4)24(28)27-13-5-6-14-27/h7,10-11,15,18,26H,1,5-6,8-9,12-14,16H2,2-4H3/b19-15-,23-22+,25-21?/t18-/m1/s1. The molecular weight excluding hydrogens is 346 g/mol. The van der Waals surface area contributed by atoms with Gasteiger partial charge in [-0.2, -0.15) is 0 Å². The normalized spacial score (nSPS) is 28.3. The van der Waals surface area contributed by atoms with Crippen LogP contribution < -0.4 is 5.32 Å². The third-order valence-corrected chi connectivity index (χ3v) is 5.66. The summed E-state index contributed by atoms with van der Waals surface area (Å²) in [7, 11) is 1.80. The monoisotopic (exact) mass is 379 g/mol. The van der Waals surface area contributed by atoms with Gasteiger partial charge in [0.2, 0.25) is 0 Å². The van der Waals surface area contributed by atoms with Gasteiger partial charge in [0.05, 0.1) is 5.71 Å². The number of nitrogens with one attached hydrogen (secondary N) is 1. The van der Waals surface area contributed by atoms with Gasteiger partial charge in [0.15, 0.2) is 0 Å². The van der Waals surface area contributed by atoms with Crippen LogP contribution in [0.5, 0.6) is 0 Å². The number of carbonyl (C=O) groups is 1. The fourth-order valence-corrected chi connectivity index (χ4v) is 4.33. The molecular formula is C24H33N3O. The number of aliphatic imine (C=N–C) groups is 1. The summed E-state index contributed by atoms with van der Waals surface area (Å²) in [6.45, 7) is 12.3. The Bertz CT molecular complexity index is 789. The lowest BCUT2D eigenvalue weighted by Gasteiger charge is -2.26. The first-order valence-corrected chi connectivity index (χ1v) is 10.5. The Morgan fingerprint density at radius 3 is 2.71 bits per heavy atom. The van der Waals surface area contributed by atoms with Crippen molar-refractivity contribution < 1.29 is 4.79 Å². The van der Waals surface area contributed by atoms with Crippen LogP contribution in [0.25, 0.3) is 0 Å². The minimum atomic E-state index is 0.123. The van der Waals surface area contributed by atoms with E-state index in [1.807, 2.05) is 23.1 Å². The Morgan fingerprint density at radius 1 is 1.29 bits per heavy atom. The van der Waals surface area contributed by atoms with Crippen molar-refractivity contribution in [2.24, 2.45) is 10.9 Å². The van der Waals surface area contributed by atoms with Crippen LogP contribution in [0.4, 0.5) is 0 Å². The van der Waals surface area contributed by atoms with Crippen molar-refractivity contribution in [1.29, 1.82) is 0 Å². The number of hydrogen-bond donors (Lipinski definition) is 1. The van der Waals surface area contributed by atoms with Gasteiger partial charge in [-0.05, 0) is 68.4 Å². The highest BCUT2D eigenvalue weighted by molar-refractivity contribution is 6.21. The fourth-order valence-electron chi connectivity index (χ4n) is 4.33. The largest absolute Gasteiger partial charge is 0.339 e. The molecule has 3 aliphatic rings. The predicted molar refractivity (Wildman–Crippen MR) is 118 cm³/mol. The number of likely N-dealkylation sites (tertiary alicyclic amines) is 1. The molecule has 0 radical (unpaired) electrons. The zero-order valence-electron chi connectivity index (χ0n) is 17.6. The van der Waals surface area contributed by atoms with Crippen LogP contribution in [0.1, 0.15) is 39.5 Å². The van der Waals surface area contributed by atoms with Crippen molar-refractivity contribution in [3.8, 4) is 0 Å². The van der Waals surface area contributed by atoms with E-state index >= 15 is 0 Å². The van der Waals surface area contributed by atoms with Crippen molar-refractivity contribution in [3.63, 3.8) is 0 Å². The highest BCUT2D eigenvalue weighted by Crippen LogP contribution is 2.34. The zero-order valence-corrected chi connectivity index (χ0v) is 17.6. The van der Waals surface area contributed by atoms with E-state index in [0.29, 0.717) is 5.92 Å². The molecule has 1 atom stereocenters. The highest BCUT2D eigenvalue weighted by Gasteiger charge is 2.29. The van der Waals surface area contributed by atoms with E-state index in [-0.39, 0.29) is 5.91 Å². The Labute approximate surface area is 169 Å². The summed E-state index contributed by atoms with van der Waals surface area (Å²) in [6.07, 6.45) is 12.5. The molecule has 2 aliphatic heterocycles. The second kappa shape index (κ2) is 9.33. The zero-order chi connectivity index (χ0) is 20.1. The van der Waals surface area contributed by atoms with Gasteiger partial charge in [0.1, 0.15) is 0 Å².